The maximum Gasteiger partial charge on any atom is 0.240 e. The van der Waals surface area contributed by atoms with Gasteiger partial charge in [-0.2, -0.15) is 9.97 Å². The summed E-state index contributed by atoms with van der Waals surface area (Å²) in [5.74, 6) is 1.01. The summed E-state index contributed by atoms with van der Waals surface area (Å²) in [6.45, 7) is 2.82. The van der Waals surface area contributed by atoms with Crippen molar-refractivity contribution in [1.29, 1.82) is 0 Å². The Morgan fingerprint density at radius 2 is 1.85 bits per heavy atom. The first-order valence-corrected chi connectivity index (χ1v) is 13.0. The monoisotopic (exact) mass is 489 g/mol. The standard InChI is InChI=1S/C22H31N7O4S/c1-2-29-14-23-19-20(27-22(28-21(19)29)26-16-4-8-17(31)9-5-16)25-15-6-10-18(11-7-15)34(32,33)24-12-3-13-30/h6-7,10-11,14,16-17,24,30-31H,2-5,8-9,12-13H2,1H3,(H2,25,26,27,28). The minimum absolute atomic E-state index is 0.0773. The maximum absolute atomic E-state index is 12.4. The second-order valence-corrected chi connectivity index (χ2v) is 10.1. The highest BCUT2D eigenvalue weighted by atomic mass is 32.2. The van der Waals surface area contributed by atoms with Crippen molar-refractivity contribution in [2.45, 2.75) is 62.6 Å². The Kier molecular flexibility index (Phi) is 7.61. The van der Waals surface area contributed by atoms with E-state index in [4.69, 9.17) is 5.11 Å². The van der Waals surface area contributed by atoms with E-state index >= 15 is 0 Å². The van der Waals surface area contributed by atoms with Crippen molar-refractivity contribution in [3.8, 4) is 0 Å². The third kappa shape index (κ3) is 5.63. The van der Waals surface area contributed by atoms with Gasteiger partial charge in [0, 0.05) is 31.4 Å². The minimum Gasteiger partial charge on any atom is -0.396 e. The highest BCUT2D eigenvalue weighted by molar-refractivity contribution is 7.89. The molecule has 1 aliphatic carbocycles. The Labute approximate surface area is 198 Å². The smallest absolute Gasteiger partial charge is 0.240 e. The van der Waals surface area contributed by atoms with E-state index in [9.17, 15) is 13.5 Å². The molecule has 184 valence electrons. The number of aryl methyl sites for hydroxylation is 1. The number of nitrogens with one attached hydrogen (secondary N) is 3. The van der Waals surface area contributed by atoms with Gasteiger partial charge in [-0.25, -0.2) is 18.1 Å². The van der Waals surface area contributed by atoms with Gasteiger partial charge in [-0.05, 0) is 63.3 Å². The van der Waals surface area contributed by atoms with Crippen LogP contribution in [-0.2, 0) is 16.6 Å². The number of rotatable bonds is 10. The Hall–Kier alpha value is -2.80. The van der Waals surface area contributed by atoms with Gasteiger partial charge < -0.3 is 25.4 Å². The Balaban J connectivity index is 1.56. The van der Waals surface area contributed by atoms with Crippen LogP contribution >= 0.6 is 0 Å². The molecule has 0 saturated heterocycles. The van der Waals surface area contributed by atoms with Crippen LogP contribution < -0.4 is 15.4 Å². The molecule has 2 heterocycles. The lowest BCUT2D eigenvalue weighted by atomic mass is 9.93. The fraction of sp³-hybridized carbons (Fsp3) is 0.500. The molecule has 12 heteroatoms. The van der Waals surface area contributed by atoms with Crippen LogP contribution in [0.1, 0.15) is 39.0 Å². The van der Waals surface area contributed by atoms with E-state index in [2.05, 4.69) is 30.3 Å². The fourth-order valence-corrected chi connectivity index (χ4v) is 5.03. The summed E-state index contributed by atoms with van der Waals surface area (Å²) in [5.41, 5.74) is 1.98. The summed E-state index contributed by atoms with van der Waals surface area (Å²) in [7, 11) is -3.64. The van der Waals surface area contributed by atoms with Gasteiger partial charge in [0.15, 0.2) is 17.0 Å². The predicted octanol–water partition coefficient (Wildman–Crippen LogP) is 1.97. The van der Waals surface area contributed by atoms with Gasteiger partial charge in [0.25, 0.3) is 0 Å². The van der Waals surface area contributed by atoms with Gasteiger partial charge in [-0.3, -0.25) is 0 Å². The molecule has 1 fully saturated rings. The summed E-state index contributed by atoms with van der Waals surface area (Å²) in [4.78, 5) is 13.9. The zero-order chi connectivity index (χ0) is 24.1. The summed E-state index contributed by atoms with van der Waals surface area (Å²) in [5, 5.41) is 25.3. The first kappa shape index (κ1) is 24.3. The van der Waals surface area contributed by atoms with Crippen LogP contribution in [0.15, 0.2) is 35.5 Å². The van der Waals surface area contributed by atoms with Crippen molar-refractivity contribution in [2.75, 3.05) is 23.8 Å². The molecule has 0 atom stereocenters. The van der Waals surface area contributed by atoms with Gasteiger partial charge in [0.1, 0.15) is 0 Å². The number of aromatic nitrogens is 4. The molecule has 1 saturated carbocycles. The lowest BCUT2D eigenvalue weighted by Crippen LogP contribution is -2.29. The number of benzene rings is 1. The quantitative estimate of drug-likeness (QED) is 0.269. The summed E-state index contributed by atoms with van der Waals surface area (Å²) in [6, 6.07) is 6.55. The molecule has 0 radical (unpaired) electrons. The third-order valence-electron chi connectivity index (χ3n) is 5.89. The van der Waals surface area contributed by atoms with E-state index in [1.54, 1.807) is 18.5 Å². The second-order valence-electron chi connectivity index (χ2n) is 8.37. The lowest BCUT2D eigenvalue weighted by molar-refractivity contribution is 0.126. The van der Waals surface area contributed by atoms with Crippen LogP contribution in [0.5, 0.6) is 0 Å². The van der Waals surface area contributed by atoms with E-state index < -0.39 is 10.0 Å². The largest absolute Gasteiger partial charge is 0.396 e. The number of fused-ring (bicyclic) bond motifs is 1. The molecule has 1 aliphatic rings. The van der Waals surface area contributed by atoms with Gasteiger partial charge in [-0.1, -0.05) is 0 Å². The molecule has 0 aliphatic heterocycles. The fourth-order valence-electron chi connectivity index (χ4n) is 3.95. The number of hydrogen-bond acceptors (Lipinski definition) is 9. The van der Waals surface area contributed by atoms with Crippen molar-refractivity contribution in [2.24, 2.45) is 0 Å². The average Bonchev–Trinajstić information content (AvgIpc) is 3.24. The topological polar surface area (TPSA) is 154 Å². The van der Waals surface area contributed by atoms with Gasteiger partial charge in [0.2, 0.25) is 16.0 Å². The number of anilines is 3. The lowest BCUT2D eigenvalue weighted by Gasteiger charge is -2.26. The maximum atomic E-state index is 12.4. The first-order valence-electron chi connectivity index (χ1n) is 11.5. The van der Waals surface area contributed by atoms with E-state index in [0.717, 1.165) is 25.7 Å². The molecule has 3 aromatic rings. The van der Waals surface area contributed by atoms with Gasteiger partial charge in [-0.15, -0.1) is 0 Å². The van der Waals surface area contributed by atoms with E-state index in [1.807, 2.05) is 11.5 Å². The Morgan fingerprint density at radius 3 is 2.53 bits per heavy atom. The van der Waals surface area contributed by atoms with E-state index in [0.29, 0.717) is 41.6 Å². The summed E-state index contributed by atoms with van der Waals surface area (Å²) >= 11 is 0. The minimum atomic E-state index is -3.64. The molecule has 2 aromatic heterocycles. The van der Waals surface area contributed by atoms with Crippen LogP contribution in [-0.4, -0.2) is 63.4 Å². The summed E-state index contributed by atoms with van der Waals surface area (Å²) < 4.78 is 29.1. The Bertz CT molecular complexity index is 1210. The van der Waals surface area contributed by atoms with Crippen LogP contribution in [0, 0.1) is 0 Å². The van der Waals surface area contributed by atoms with E-state index in [1.165, 1.54) is 12.1 Å². The van der Waals surface area contributed by atoms with Crippen LogP contribution in [0.3, 0.4) is 0 Å². The second kappa shape index (κ2) is 10.6. The number of aliphatic hydroxyl groups excluding tert-OH is 2. The molecular formula is C22H31N7O4S. The zero-order valence-corrected chi connectivity index (χ0v) is 19.9. The van der Waals surface area contributed by atoms with Crippen LogP contribution in [0.2, 0.25) is 0 Å². The van der Waals surface area contributed by atoms with Crippen molar-refractivity contribution < 1.29 is 18.6 Å². The number of aliphatic hydroxyl groups is 2. The molecule has 5 N–H and O–H groups in total. The molecule has 0 bridgehead atoms. The molecule has 4 rings (SSSR count). The first-order chi connectivity index (χ1) is 16.4. The summed E-state index contributed by atoms with van der Waals surface area (Å²) in [6.07, 6.45) is 5.03. The zero-order valence-electron chi connectivity index (χ0n) is 19.1. The number of sulfonamides is 1. The van der Waals surface area contributed by atoms with Gasteiger partial charge >= 0.3 is 0 Å². The molecule has 0 amide bonds. The molecule has 1 aromatic carbocycles. The van der Waals surface area contributed by atoms with Crippen molar-refractivity contribution in [1.82, 2.24) is 24.2 Å². The van der Waals surface area contributed by atoms with Crippen LogP contribution in [0.4, 0.5) is 17.5 Å². The molecule has 0 unspecified atom stereocenters. The van der Waals surface area contributed by atoms with E-state index in [-0.39, 0.29) is 30.2 Å². The molecule has 11 nitrogen and oxygen atoms in total. The molecular weight excluding hydrogens is 458 g/mol. The average molecular weight is 490 g/mol. The Morgan fingerprint density at radius 1 is 1.12 bits per heavy atom. The highest BCUT2D eigenvalue weighted by Crippen LogP contribution is 2.27. The van der Waals surface area contributed by atoms with Crippen molar-refractivity contribution >= 4 is 38.6 Å². The third-order valence-corrected chi connectivity index (χ3v) is 7.37. The van der Waals surface area contributed by atoms with Crippen LogP contribution in [0.25, 0.3) is 11.2 Å². The molecule has 0 spiro atoms. The normalized spacial score (nSPS) is 18.8. The van der Waals surface area contributed by atoms with Gasteiger partial charge in [0.05, 0.1) is 17.3 Å². The SMILES string of the molecule is CCn1cnc2c(Nc3ccc(S(=O)(=O)NCCCO)cc3)nc(NC3CCC(O)CC3)nc21. The molecule has 34 heavy (non-hydrogen) atoms. The highest BCUT2D eigenvalue weighted by Gasteiger charge is 2.21. The number of hydrogen-bond donors (Lipinski definition) is 5. The number of nitrogens with zero attached hydrogens (tertiary/aromatic N) is 4. The van der Waals surface area contributed by atoms with Crippen molar-refractivity contribution in [3.05, 3.63) is 30.6 Å². The van der Waals surface area contributed by atoms with Crippen molar-refractivity contribution in [3.63, 3.8) is 0 Å². The number of imidazole rings is 1. The predicted molar refractivity (Wildman–Crippen MR) is 129 cm³/mol.